The molecule has 0 saturated carbocycles. The molecule has 1 saturated heterocycles. The first-order valence-corrected chi connectivity index (χ1v) is 11.7. The van der Waals surface area contributed by atoms with Crippen LogP contribution in [-0.4, -0.2) is 38.9 Å². The summed E-state index contributed by atoms with van der Waals surface area (Å²) < 4.78 is 6.07. The maximum atomic E-state index is 13.6. The van der Waals surface area contributed by atoms with Crippen molar-refractivity contribution >= 4 is 40.5 Å². The summed E-state index contributed by atoms with van der Waals surface area (Å²) in [7, 11) is 0. The highest BCUT2D eigenvalue weighted by Crippen LogP contribution is 2.44. The van der Waals surface area contributed by atoms with Crippen molar-refractivity contribution in [1.82, 2.24) is 9.88 Å². The van der Waals surface area contributed by atoms with E-state index in [1.165, 1.54) is 16.2 Å². The fourth-order valence-electron chi connectivity index (χ4n) is 3.81. The van der Waals surface area contributed by atoms with E-state index in [-0.39, 0.29) is 17.0 Å². The summed E-state index contributed by atoms with van der Waals surface area (Å²) in [5, 5.41) is -0.251. The standard InChI is InChI=1S/C23H19N3O3S2/c24-18-21(27)26-19(16(12-30-22(18)26)17-11-25-13-31-17)23(28)29-20(14-7-3-1-4-8-14)15-9-5-2-6-10-15/h1-11,13,18,20,22H,12,24H2/t18-,22-/m1/s1. The third-order valence-corrected chi connectivity index (χ3v) is 7.50. The molecule has 5 rings (SSSR count). The molecule has 2 atom stereocenters. The second-order valence-corrected chi connectivity index (χ2v) is 9.23. The number of carbonyl (C=O) groups excluding carboxylic acids is 2. The van der Waals surface area contributed by atoms with Gasteiger partial charge < -0.3 is 10.5 Å². The third kappa shape index (κ3) is 3.56. The average molecular weight is 450 g/mol. The number of hydrogen-bond donors (Lipinski definition) is 1. The maximum Gasteiger partial charge on any atom is 0.356 e. The Morgan fingerprint density at radius 3 is 2.32 bits per heavy atom. The molecule has 2 aromatic carbocycles. The molecule has 2 aliphatic rings. The summed E-state index contributed by atoms with van der Waals surface area (Å²) in [6.07, 6.45) is 1.12. The zero-order valence-electron chi connectivity index (χ0n) is 16.4. The van der Waals surface area contributed by atoms with E-state index in [2.05, 4.69) is 4.98 Å². The molecule has 1 amide bonds. The van der Waals surface area contributed by atoms with Gasteiger partial charge in [-0.1, -0.05) is 60.7 Å². The molecule has 31 heavy (non-hydrogen) atoms. The van der Waals surface area contributed by atoms with Gasteiger partial charge in [-0.25, -0.2) is 4.79 Å². The lowest BCUT2D eigenvalue weighted by Gasteiger charge is -2.48. The maximum absolute atomic E-state index is 13.6. The summed E-state index contributed by atoms with van der Waals surface area (Å²) in [6.45, 7) is 0. The second-order valence-electron chi connectivity index (χ2n) is 7.24. The molecule has 2 N–H and O–H groups in total. The van der Waals surface area contributed by atoms with Crippen LogP contribution in [0.15, 0.2) is 78.1 Å². The van der Waals surface area contributed by atoms with Gasteiger partial charge in [0.1, 0.15) is 17.1 Å². The minimum absolute atomic E-state index is 0.251. The van der Waals surface area contributed by atoms with Crippen LogP contribution in [0, 0.1) is 0 Å². The van der Waals surface area contributed by atoms with E-state index in [0.29, 0.717) is 5.75 Å². The van der Waals surface area contributed by atoms with Crippen molar-refractivity contribution < 1.29 is 14.3 Å². The van der Waals surface area contributed by atoms with Crippen LogP contribution in [0.1, 0.15) is 22.1 Å². The second kappa shape index (κ2) is 8.30. The molecule has 8 heteroatoms. The van der Waals surface area contributed by atoms with Gasteiger partial charge >= 0.3 is 5.97 Å². The zero-order valence-corrected chi connectivity index (χ0v) is 18.0. The summed E-state index contributed by atoms with van der Waals surface area (Å²) in [6, 6.07) is 18.6. The minimum Gasteiger partial charge on any atom is -0.448 e. The molecule has 2 aliphatic heterocycles. The predicted molar refractivity (Wildman–Crippen MR) is 121 cm³/mol. The van der Waals surface area contributed by atoms with Crippen LogP contribution in [0.4, 0.5) is 0 Å². The molecule has 0 bridgehead atoms. The Hall–Kier alpha value is -2.94. The number of nitrogens with zero attached hydrogens (tertiary/aromatic N) is 2. The van der Waals surface area contributed by atoms with E-state index in [1.807, 2.05) is 60.7 Å². The topological polar surface area (TPSA) is 85.5 Å². The molecule has 0 radical (unpaired) electrons. The molecule has 0 unspecified atom stereocenters. The van der Waals surface area contributed by atoms with Crippen LogP contribution in [-0.2, 0) is 14.3 Å². The number of ether oxygens (including phenoxy) is 1. The normalized spacial score (nSPS) is 20.5. The Morgan fingerprint density at radius 1 is 1.10 bits per heavy atom. The van der Waals surface area contributed by atoms with Gasteiger partial charge in [-0.15, -0.1) is 23.1 Å². The summed E-state index contributed by atoms with van der Waals surface area (Å²) >= 11 is 2.99. The summed E-state index contributed by atoms with van der Waals surface area (Å²) in [5.41, 5.74) is 10.4. The number of nitrogens with two attached hydrogens (primary N) is 1. The van der Waals surface area contributed by atoms with Crippen molar-refractivity contribution in [3.63, 3.8) is 0 Å². The van der Waals surface area contributed by atoms with Crippen molar-refractivity contribution in [3.8, 4) is 0 Å². The Bertz CT molecular complexity index is 1090. The van der Waals surface area contributed by atoms with E-state index >= 15 is 0 Å². The number of carbonyl (C=O) groups is 2. The molecule has 3 heterocycles. The SMILES string of the molecule is N[C@@H]1C(=O)N2C(C(=O)OC(c3ccccc3)c3ccccc3)=C(c3cncs3)CS[C@H]12. The van der Waals surface area contributed by atoms with Crippen LogP contribution in [0.3, 0.4) is 0 Å². The fraction of sp³-hybridized carbons (Fsp3) is 0.174. The lowest BCUT2D eigenvalue weighted by molar-refractivity contribution is -0.152. The van der Waals surface area contributed by atoms with Crippen molar-refractivity contribution in [3.05, 3.63) is 94.1 Å². The zero-order chi connectivity index (χ0) is 21.4. The highest BCUT2D eigenvalue weighted by Gasteiger charge is 2.52. The molecule has 0 spiro atoms. The number of thioether (sulfide) groups is 1. The van der Waals surface area contributed by atoms with Crippen molar-refractivity contribution in [2.24, 2.45) is 5.73 Å². The quantitative estimate of drug-likeness (QED) is 0.475. The van der Waals surface area contributed by atoms with Gasteiger partial charge in [-0.05, 0) is 11.1 Å². The van der Waals surface area contributed by atoms with Crippen molar-refractivity contribution in [1.29, 1.82) is 0 Å². The average Bonchev–Trinajstić information content (AvgIpc) is 3.37. The van der Waals surface area contributed by atoms with Crippen LogP contribution < -0.4 is 5.73 Å². The van der Waals surface area contributed by atoms with E-state index in [9.17, 15) is 9.59 Å². The molecule has 156 valence electrons. The van der Waals surface area contributed by atoms with Crippen LogP contribution in [0.2, 0.25) is 0 Å². The predicted octanol–water partition coefficient (Wildman–Crippen LogP) is 3.43. The molecule has 0 aliphatic carbocycles. The number of rotatable bonds is 5. The molecule has 1 fully saturated rings. The van der Waals surface area contributed by atoms with E-state index < -0.39 is 18.1 Å². The summed E-state index contributed by atoms with van der Waals surface area (Å²) in [4.78, 5) is 32.6. The van der Waals surface area contributed by atoms with Gasteiger partial charge in [-0.3, -0.25) is 14.7 Å². The first kappa shape index (κ1) is 20.0. The number of aromatic nitrogens is 1. The number of esters is 1. The first-order valence-electron chi connectivity index (χ1n) is 9.78. The van der Waals surface area contributed by atoms with E-state index in [4.69, 9.17) is 10.5 Å². The number of amides is 1. The number of thiazole rings is 1. The van der Waals surface area contributed by atoms with E-state index in [1.54, 1.807) is 23.5 Å². The lowest BCUT2D eigenvalue weighted by atomic mass is 10.0. The van der Waals surface area contributed by atoms with Crippen molar-refractivity contribution in [2.45, 2.75) is 17.5 Å². The molecule has 6 nitrogen and oxygen atoms in total. The molecular weight excluding hydrogens is 430 g/mol. The van der Waals surface area contributed by atoms with Gasteiger partial charge in [0, 0.05) is 17.5 Å². The highest BCUT2D eigenvalue weighted by molar-refractivity contribution is 8.00. The van der Waals surface area contributed by atoms with Gasteiger partial charge in [-0.2, -0.15) is 0 Å². The Balaban J connectivity index is 1.55. The molecule has 3 aromatic rings. The van der Waals surface area contributed by atoms with Gasteiger partial charge in [0.05, 0.1) is 10.4 Å². The largest absolute Gasteiger partial charge is 0.448 e. The fourth-order valence-corrected chi connectivity index (χ4v) is 5.88. The monoisotopic (exact) mass is 449 g/mol. The van der Waals surface area contributed by atoms with Gasteiger partial charge in [0.25, 0.3) is 0 Å². The Kier molecular flexibility index (Phi) is 5.35. The van der Waals surface area contributed by atoms with Crippen molar-refractivity contribution in [2.75, 3.05) is 5.75 Å². The number of benzene rings is 2. The molecular formula is C23H19N3O3S2. The van der Waals surface area contributed by atoms with Crippen LogP contribution >= 0.6 is 23.1 Å². The summed E-state index contributed by atoms with van der Waals surface area (Å²) in [5.74, 6) is -0.232. The smallest absolute Gasteiger partial charge is 0.356 e. The lowest BCUT2D eigenvalue weighted by Crippen LogP contribution is -2.68. The van der Waals surface area contributed by atoms with Gasteiger partial charge in [0.2, 0.25) is 5.91 Å². The number of fused-ring (bicyclic) bond motifs is 1. The first-order chi connectivity index (χ1) is 15.1. The minimum atomic E-state index is -0.602. The Labute approximate surface area is 187 Å². The van der Waals surface area contributed by atoms with Gasteiger partial charge in [0.15, 0.2) is 6.10 Å². The number of hydrogen-bond acceptors (Lipinski definition) is 7. The third-order valence-electron chi connectivity index (χ3n) is 5.36. The van der Waals surface area contributed by atoms with E-state index in [0.717, 1.165) is 21.6 Å². The molecule has 1 aromatic heterocycles. The highest BCUT2D eigenvalue weighted by atomic mass is 32.2. The Morgan fingerprint density at radius 2 is 1.74 bits per heavy atom. The van der Waals surface area contributed by atoms with Crippen LogP contribution in [0.25, 0.3) is 5.57 Å². The number of β-lactam (4-membered cyclic amide) rings is 1. The van der Waals surface area contributed by atoms with Crippen LogP contribution in [0.5, 0.6) is 0 Å².